The molecule has 4 nitrogen and oxygen atoms in total. The van der Waals surface area contributed by atoms with E-state index in [0.29, 0.717) is 16.2 Å². The number of esters is 1. The molecule has 0 bridgehead atoms. The number of rotatable bonds is 3. The SMILES string of the molecule is NC(=O)c1ccc(OC(=O)c2cc3c(s2)CCCC3)cc1. The van der Waals surface area contributed by atoms with E-state index in [2.05, 4.69) is 0 Å². The van der Waals surface area contributed by atoms with E-state index in [1.54, 1.807) is 24.3 Å². The Balaban J connectivity index is 1.73. The summed E-state index contributed by atoms with van der Waals surface area (Å²) in [6.45, 7) is 0. The second-order valence-electron chi connectivity index (χ2n) is 5.04. The number of aryl methyl sites for hydroxylation is 2. The molecule has 0 fully saturated rings. The summed E-state index contributed by atoms with van der Waals surface area (Å²) < 4.78 is 5.33. The number of amides is 1. The molecule has 0 saturated heterocycles. The van der Waals surface area contributed by atoms with Crippen LogP contribution in [0.2, 0.25) is 0 Å². The van der Waals surface area contributed by atoms with Crippen molar-refractivity contribution < 1.29 is 14.3 Å². The number of carbonyl (C=O) groups excluding carboxylic acids is 2. The number of hydrogen-bond acceptors (Lipinski definition) is 4. The van der Waals surface area contributed by atoms with E-state index >= 15 is 0 Å². The van der Waals surface area contributed by atoms with Gasteiger partial charge in [0.1, 0.15) is 10.6 Å². The molecule has 1 amide bonds. The van der Waals surface area contributed by atoms with Gasteiger partial charge in [-0.15, -0.1) is 11.3 Å². The third-order valence-corrected chi connectivity index (χ3v) is 4.76. The molecule has 2 N–H and O–H groups in total. The van der Waals surface area contributed by atoms with Crippen LogP contribution in [-0.2, 0) is 12.8 Å². The molecule has 0 unspecified atom stereocenters. The Morgan fingerprint density at radius 3 is 2.48 bits per heavy atom. The van der Waals surface area contributed by atoms with Crippen LogP contribution in [0.4, 0.5) is 0 Å². The summed E-state index contributed by atoms with van der Waals surface area (Å²) in [5, 5.41) is 0. The lowest BCUT2D eigenvalue weighted by Gasteiger charge is -2.08. The molecule has 3 rings (SSSR count). The molecule has 21 heavy (non-hydrogen) atoms. The van der Waals surface area contributed by atoms with Crippen molar-refractivity contribution in [1.82, 2.24) is 0 Å². The zero-order valence-electron chi connectivity index (χ0n) is 11.4. The van der Waals surface area contributed by atoms with Crippen LogP contribution in [-0.4, -0.2) is 11.9 Å². The Morgan fingerprint density at radius 1 is 1.10 bits per heavy atom. The van der Waals surface area contributed by atoms with E-state index < -0.39 is 5.91 Å². The van der Waals surface area contributed by atoms with Crippen LogP contribution in [0.1, 0.15) is 43.3 Å². The Hall–Kier alpha value is -2.14. The first kappa shape index (κ1) is 13.8. The molecule has 2 aromatic rings. The molecule has 5 heteroatoms. The Bertz CT molecular complexity index is 665. The van der Waals surface area contributed by atoms with Gasteiger partial charge in [0.05, 0.1) is 0 Å². The molecule has 1 aliphatic rings. The number of benzene rings is 1. The summed E-state index contributed by atoms with van der Waals surface area (Å²) in [6, 6.07) is 8.19. The molecular weight excluding hydrogens is 286 g/mol. The maximum atomic E-state index is 12.1. The summed E-state index contributed by atoms with van der Waals surface area (Å²) in [7, 11) is 0. The van der Waals surface area contributed by atoms with E-state index in [1.165, 1.54) is 34.6 Å². The number of carbonyl (C=O) groups is 2. The average molecular weight is 301 g/mol. The molecule has 0 atom stereocenters. The maximum Gasteiger partial charge on any atom is 0.353 e. The molecule has 1 heterocycles. The van der Waals surface area contributed by atoms with Gasteiger partial charge >= 0.3 is 5.97 Å². The molecule has 0 aliphatic heterocycles. The van der Waals surface area contributed by atoms with Gasteiger partial charge in [0.15, 0.2) is 0 Å². The van der Waals surface area contributed by atoms with Crippen molar-refractivity contribution in [2.24, 2.45) is 5.73 Å². The Labute approximate surface area is 126 Å². The van der Waals surface area contributed by atoms with Gasteiger partial charge in [0.25, 0.3) is 0 Å². The van der Waals surface area contributed by atoms with Gasteiger partial charge in [-0.25, -0.2) is 4.79 Å². The predicted molar refractivity (Wildman–Crippen MR) is 80.9 cm³/mol. The summed E-state index contributed by atoms with van der Waals surface area (Å²) in [5.74, 6) is -0.434. The fraction of sp³-hybridized carbons (Fsp3) is 0.250. The molecule has 0 saturated carbocycles. The Kier molecular flexibility index (Phi) is 3.75. The van der Waals surface area contributed by atoms with E-state index in [4.69, 9.17) is 10.5 Å². The number of ether oxygens (including phenoxy) is 1. The zero-order valence-corrected chi connectivity index (χ0v) is 12.2. The van der Waals surface area contributed by atoms with Crippen LogP contribution >= 0.6 is 11.3 Å². The van der Waals surface area contributed by atoms with Crippen molar-refractivity contribution >= 4 is 23.2 Å². The minimum Gasteiger partial charge on any atom is -0.422 e. The van der Waals surface area contributed by atoms with E-state index in [0.717, 1.165) is 12.8 Å². The van der Waals surface area contributed by atoms with Crippen molar-refractivity contribution in [3.8, 4) is 5.75 Å². The summed E-state index contributed by atoms with van der Waals surface area (Å²) in [5.41, 5.74) is 6.84. The lowest BCUT2D eigenvalue weighted by molar-refractivity contribution is 0.0739. The number of hydrogen-bond donors (Lipinski definition) is 1. The highest BCUT2D eigenvalue weighted by Crippen LogP contribution is 2.30. The molecule has 1 aliphatic carbocycles. The van der Waals surface area contributed by atoms with Crippen molar-refractivity contribution in [3.63, 3.8) is 0 Å². The quantitative estimate of drug-likeness (QED) is 0.700. The van der Waals surface area contributed by atoms with Gasteiger partial charge < -0.3 is 10.5 Å². The molecule has 108 valence electrons. The summed E-state index contributed by atoms with van der Waals surface area (Å²) >= 11 is 1.52. The van der Waals surface area contributed by atoms with Gasteiger partial charge in [-0.3, -0.25) is 4.79 Å². The monoisotopic (exact) mass is 301 g/mol. The average Bonchev–Trinajstić information content (AvgIpc) is 2.92. The molecule has 0 radical (unpaired) electrons. The minimum atomic E-state index is -0.501. The second kappa shape index (κ2) is 5.69. The van der Waals surface area contributed by atoms with Crippen LogP contribution < -0.4 is 10.5 Å². The minimum absolute atomic E-state index is 0.346. The van der Waals surface area contributed by atoms with Gasteiger partial charge in [-0.1, -0.05) is 0 Å². The summed E-state index contributed by atoms with van der Waals surface area (Å²) in [6.07, 6.45) is 4.48. The van der Waals surface area contributed by atoms with E-state index in [9.17, 15) is 9.59 Å². The zero-order chi connectivity index (χ0) is 14.8. The van der Waals surface area contributed by atoms with E-state index in [1.807, 2.05) is 6.07 Å². The highest BCUT2D eigenvalue weighted by Gasteiger charge is 2.18. The molecule has 1 aromatic heterocycles. The maximum absolute atomic E-state index is 12.1. The van der Waals surface area contributed by atoms with Gasteiger partial charge in [0.2, 0.25) is 5.91 Å². The number of fused-ring (bicyclic) bond motifs is 1. The smallest absolute Gasteiger partial charge is 0.353 e. The highest BCUT2D eigenvalue weighted by molar-refractivity contribution is 7.14. The standard InChI is InChI=1S/C16H15NO3S/c17-15(18)10-5-7-12(8-6-10)20-16(19)14-9-11-3-1-2-4-13(11)21-14/h5-9H,1-4H2,(H2,17,18). The van der Waals surface area contributed by atoms with Crippen molar-refractivity contribution in [1.29, 1.82) is 0 Å². The normalized spacial score (nSPS) is 13.5. The van der Waals surface area contributed by atoms with E-state index in [-0.39, 0.29) is 5.97 Å². The lowest BCUT2D eigenvalue weighted by atomic mass is 9.99. The van der Waals surface area contributed by atoms with Crippen LogP contribution in [0, 0.1) is 0 Å². The molecule has 0 spiro atoms. The predicted octanol–water partition coefficient (Wildman–Crippen LogP) is 2.95. The van der Waals surface area contributed by atoms with Crippen LogP contribution in [0.3, 0.4) is 0 Å². The second-order valence-corrected chi connectivity index (χ2v) is 6.18. The third kappa shape index (κ3) is 2.97. The van der Waals surface area contributed by atoms with Crippen LogP contribution in [0.15, 0.2) is 30.3 Å². The van der Waals surface area contributed by atoms with Crippen molar-refractivity contribution in [3.05, 3.63) is 51.2 Å². The molecule has 1 aromatic carbocycles. The van der Waals surface area contributed by atoms with Crippen LogP contribution in [0.5, 0.6) is 5.75 Å². The largest absolute Gasteiger partial charge is 0.422 e. The number of nitrogens with two attached hydrogens (primary N) is 1. The van der Waals surface area contributed by atoms with Crippen LogP contribution in [0.25, 0.3) is 0 Å². The fourth-order valence-corrected chi connectivity index (χ4v) is 3.57. The highest BCUT2D eigenvalue weighted by atomic mass is 32.1. The van der Waals surface area contributed by atoms with Crippen molar-refractivity contribution in [2.45, 2.75) is 25.7 Å². The van der Waals surface area contributed by atoms with Gasteiger partial charge in [0, 0.05) is 10.4 Å². The number of primary amides is 1. The fourth-order valence-electron chi connectivity index (χ4n) is 2.44. The van der Waals surface area contributed by atoms with Crippen molar-refractivity contribution in [2.75, 3.05) is 0 Å². The molecular formula is C16H15NO3S. The first-order valence-electron chi connectivity index (χ1n) is 6.87. The third-order valence-electron chi connectivity index (χ3n) is 3.55. The topological polar surface area (TPSA) is 69.4 Å². The first-order chi connectivity index (χ1) is 10.1. The lowest BCUT2D eigenvalue weighted by Crippen LogP contribution is -2.11. The van der Waals surface area contributed by atoms with Gasteiger partial charge in [-0.2, -0.15) is 0 Å². The Morgan fingerprint density at radius 2 is 1.81 bits per heavy atom. The van der Waals surface area contributed by atoms with Gasteiger partial charge in [-0.05, 0) is 61.6 Å². The number of thiophene rings is 1. The first-order valence-corrected chi connectivity index (χ1v) is 7.69. The summed E-state index contributed by atoms with van der Waals surface area (Å²) in [4.78, 5) is 25.1.